The predicted molar refractivity (Wildman–Crippen MR) is 239 cm³/mol. The highest BCUT2D eigenvalue weighted by Crippen LogP contribution is 2.33. The summed E-state index contributed by atoms with van der Waals surface area (Å²) in [6.45, 7) is 13.3. The third kappa shape index (κ3) is 12.8. The first-order valence-electron chi connectivity index (χ1n) is 22.1. The largest absolute Gasteiger partial charge is 0.490 e. The Morgan fingerprint density at radius 3 is 2.07 bits per heavy atom. The summed E-state index contributed by atoms with van der Waals surface area (Å²) in [5.74, 6) is 0.693. The molecule has 2 amide bonds. The van der Waals surface area contributed by atoms with Crippen molar-refractivity contribution in [3.05, 3.63) is 65.1 Å². The van der Waals surface area contributed by atoms with E-state index in [1.54, 1.807) is 44.6 Å². The van der Waals surface area contributed by atoms with Crippen LogP contribution in [0.5, 0.6) is 17.2 Å². The number of ether oxygens (including phenoxy) is 1. The number of likely N-dealkylation sites (tertiary alicyclic amines) is 2. The number of amides is 2. The van der Waals surface area contributed by atoms with E-state index in [4.69, 9.17) is 13.1 Å². The molecule has 3 N–H and O–H groups in total. The molecule has 0 spiro atoms. The summed E-state index contributed by atoms with van der Waals surface area (Å²) in [6, 6.07) is 11.0. The molecular formula is C44H64N8O7S2. The predicted octanol–water partition coefficient (Wildman–Crippen LogP) is 8.50. The second-order valence-electron chi connectivity index (χ2n) is 17.2. The Morgan fingerprint density at radius 2 is 1.39 bits per heavy atom. The smallest absolute Gasteiger partial charge is 0.316 e. The Hall–Kier alpha value is -4.48. The van der Waals surface area contributed by atoms with Gasteiger partial charge in [-0.15, -0.1) is 10.2 Å². The number of hydrogen-bond acceptors (Lipinski definition) is 9. The number of aromatic nitrogens is 4. The molecule has 61 heavy (non-hydrogen) atoms. The zero-order valence-electron chi connectivity index (χ0n) is 36.5. The van der Waals surface area contributed by atoms with Crippen molar-refractivity contribution in [3.8, 4) is 17.2 Å². The molecule has 0 saturated carbocycles. The van der Waals surface area contributed by atoms with Crippen LogP contribution in [0, 0.1) is 0 Å². The minimum Gasteiger partial charge on any atom is -0.490 e. The lowest BCUT2D eigenvalue weighted by molar-refractivity contribution is 0.0710. The summed E-state index contributed by atoms with van der Waals surface area (Å²) in [6.07, 6.45) is 15.0. The van der Waals surface area contributed by atoms with Gasteiger partial charge in [-0.2, -0.15) is 13.1 Å². The number of fused-ring (bicyclic) bond motifs is 1. The van der Waals surface area contributed by atoms with Crippen LogP contribution >= 0.6 is 0 Å². The van der Waals surface area contributed by atoms with E-state index in [1.165, 1.54) is 38.2 Å². The number of benzene rings is 2. The molecule has 334 valence electrons. The molecule has 2 fully saturated rings. The average Bonchev–Trinajstić information content (AvgIpc) is 3.86. The molecule has 0 bridgehead atoms. The van der Waals surface area contributed by atoms with Gasteiger partial charge in [0.05, 0.1) is 23.9 Å². The van der Waals surface area contributed by atoms with Crippen LogP contribution in [0.2, 0.25) is 0 Å². The number of nitrogens with one attached hydrogen (secondary N) is 3. The highest BCUT2D eigenvalue weighted by Gasteiger charge is 2.27. The van der Waals surface area contributed by atoms with E-state index in [2.05, 4.69) is 52.4 Å². The van der Waals surface area contributed by atoms with Gasteiger partial charge >= 0.3 is 11.3 Å². The van der Waals surface area contributed by atoms with Crippen molar-refractivity contribution < 1.29 is 31.1 Å². The molecule has 3 unspecified atom stereocenters. The molecule has 3 atom stereocenters. The molecule has 15 nitrogen and oxygen atoms in total. The van der Waals surface area contributed by atoms with Crippen molar-refractivity contribution in [2.75, 3.05) is 37.5 Å². The van der Waals surface area contributed by atoms with E-state index in [0.29, 0.717) is 61.3 Å². The maximum Gasteiger partial charge on any atom is 0.316 e. The summed E-state index contributed by atoms with van der Waals surface area (Å²) >= 11 is -4.30. The lowest BCUT2D eigenvalue weighted by Gasteiger charge is -2.28. The highest BCUT2D eigenvalue weighted by molar-refractivity contribution is 7.82. The second kappa shape index (κ2) is 22.0. The SMILES string of the molecule is CCCCCCCCCCOc1ccc(NS(=O)Oc2cc(C(=O)N3CCCCC3)ccc2C(=O)N2CCCCC2)cc1OS(=O)NC(C)c1nnc2cc(C(C)(C)C)[nH]n12. The molecule has 4 aromatic rings. The summed E-state index contributed by atoms with van der Waals surface area (Å²) in [5, 5.41) is 11.9. The summed E-state index contributed by atoms with van der Waals surface area (Å²) in [5.41, 5.74) is 2.41. The van der Waals surface area contributed by atoms with Crippen molar-refractivity contribution in [1.29, 1.82) is 0 Å². The van der Waals surface area contributed by atoms with Crippen molar-refractivity contribution in [3.63, 3.8) is 0 Å². The zero-order valence-corrected chi connectivity index (χ0v) is 38.1. The van der Waals surface area contributed by atoms with E-state index < -0.39 is 28.6 Å². The number of aromatic amines is 1. The van der Waals surface area contributed by atoms with Gasteiger partial charge in [-0.1, -0.05) is 72.6 Å². The first kappa shape index (κ1) is 46.0. The van der Waals surface area contributed by atoms with Crippen LogP contribution in [0.1, 0.15) is 163 Å². The number of anilines is 1. The third-order valence-corrected chi connectivity index (χ3v) is 12.8. The number of carbonyl (C=O) groups excluding carboxylic acids is 2. The van der Waals surface area contributed by atoms with Crippen LogP contribution < -0.4 is 22.5 Å². The quantitative estimate of drug-likeness (QED) is 0.0694. The molecule has 4 heterocycles. The van der Waals surface area contributed by atoms with Crippen LogP contribution in [0.25, 0.3) is 5.65 Å². The van der Waals surface area contributed by atoms with Gasteiger partial charge in [0, 0.05) is 55.0 Å². The summed E-state index contributed by atoms with van der Waals surface area (Å²) < 4.78 is 53.0. The normalized spacial score (nSPS) is 16.3. The van der Waals surface area contributed by atoms with Gasteiger partial charge < -0.3 is 22.9 Å². The Labute approximate surface area is 365 Å². The van der Waals surface area contributed by atoms with Gasteiger partial charge in [-0.05, 0) is 82.2 Å². The lowest BCUT2D eigenvalue weighted by Crippen LogP contribution is -2.36. The number of piperidine rings is 2. The molecule has 0 aliphatic carbocycles. The molecule has 6 rings (SSSR count). The second-order valence-corrected chi connectivity index (χ2v) is 18.9. The molecule has 2 saturated heterocycles. The Morgan fingerprint density at radius 1 is 0.754 bits per heavy atom. The van der Waals surface area contributed by atoms with Crippen molar-refractivity contribution in [2.24, 2.45) is 0 Å². The Bertz CT molecular complexity index is 2120. The fourth-order valence-corrected chi connectivity index (χ4v) is 8.98. The van der Waals surface area contributed by atoms with E-state index >= 15 is 0 Å². The molecule has 2 aliphatic rings. The van der Waals surface area contributed by atoms with Crippen molar-refractivity contribution in [1.82, 2.24) is 34.3 Å². The van der Waals surface area contributed by atoms with E-state index in [0.717, 1.165) is 63.5 Å². The van der Waals surface area contributed by atoms with E-state index in [1.807, 2.05) is 13.0 Å². The average molecular weight is 881 g/mol. The van der Waals surface area contributed by atoms with Crippen molar-refractivity contribution in [2.45, 2.75) is 136 Å². The van der Waals surface area contributed by atoms with Gasteiger partial charge in [-0.3, -0.25) is 19.4 Å². The van der Waals surface area contributed by atoms with Crippen LogP contribution in [0.3, 0.4) is 0 Å². The third-order valence-electron chi connectivity index (χ3n) is 11.2. The van der Waals surface area contributed by atoms with Crippen LogP contribution in [-0.4, -0.2) is 82.6 Å². The fraction of sp³-hybridized carbons (Fsp3) is 0.591. The minimum absolute atomic E-state index is 0.0459. The summed E-state index contributed by atoms with van der Waals surface area (Å²) in [7, 11) is 0. The molecule has 2 aromatic heterocycles. The number of nitrogens with zero attached hydrogens (tertiary/aromatic N) is 5. The number of carbonyl (C=O) groups is 2. The van der Waals surface area contributed by atoms with E-state index in [-0.39, 0.29) is 34.3 Å². The number of H-pyrrole nitrogens is 1. The topological polar surface area (TPSA) is 172 Å². The maximum absolute atomic E-state index is 13.7. The fourth-order valence-electron chi connectivity index (χ4n) is 7.59. The van der Waals surface area contributed by atoms with Gasteiger partial charge in [0.1, 0.15) is 0 Å². The van der Waals surface area contributed by atoms with Gasteiger partial charge in [0.2, 0.25) is 0 Å². The molecule has 2 aliphatic heterocycles. The number of hydrogen-bond donors (Lipinski definition) is 3. The Balaban J connectivity index is 1.17. The summed E-state index contributed by atoms with van der Waals surface area (Å²) in [4.78, 5) is 30.8. The first-order valence-corrected chi connectivity index (χ1v) is 24.2. The van der Waals surface area contributed by atoms with Gasteiger partial charge in [-0.25, -0.2) is 4.52 Å². The Kier molecular flexibility index (Phi) is 16.6. The molecular weight excluding hydrogens is 817 g/mol. The molecule has 17 heteroatoms. The molecule has 0 radical (unpaired) electrons. The van der Waals surface area contributed by atoms with Crippen molar-refractivity contribution >= 4 is 45.7 Å². The lowest BCUT2D eigenvalue weighted by atomic mass is 9.93. The number of rotatable bonds is 21. The van der Waals surface area contributed by atoms with Gasteiger partial charge in [0.15, 0.2) is 28.7 Å². The van der Waals surface area contributed by atoms with Crippen LogP contribution in [0.15, 0.2) is 42.5 Å². The van der Waals surface area contributed by atoms with Gasteiger partial charge in [0.25, 0.3) is 23.1 Å². The van der Waals surface area contributed by atoms with Crippen LogP contribution in [-0.2, 0) is 27.9 Å². The maximum atomic E-state index is 13.7. The minimum atomic E-state index is -2.22. The standard InChI is InChI=1S/C44H64N8O7S2/c1-6-7-8-9-10-11-12-19-28-57-36-23-21-34(30-38(36)59-60(55)48-32(2)41-46-45-40-31-39(44(3,4)5)47-52(40)41)49-61(56)58-37-29-33(42(53)50-24-15-13-16-25-50)20-22-35(37)43(54)51-26-17-14-18-27-51/h20-23,29-32,47-49H,6-19,24-28H2,1-5H3. The first-order chi connectivity index (χ1) is 29.4. The highest BCUT2D eigenvalue weighted by atomic mass is 32.2. The van der Waals surface area contributed by atoms with Crippen LogP contribution in [0.4, 0.5) is 5.69 Å². The number of unbranched alkanes of at least 4 members (excludes halogenated alkanes) is 7. The monoisotopic (exact) mass is 880 g/mol. The van der Waals surface area contributed by atoms with E-state index in [9.17, 15) is 18.0 Å². The molecule has 2 aromatic carbocycles. The zero-order chi connectivity index (χ0) is 43.4.